The highest BCUT2D eigenvalue weighted by Gasteiger charge is 2.11. The van der Waals surface area contributed by atoms with Crippen LogP contribution in [-0.2, 0) is 19.9 Å². The molecule has 0 aromatic carbocycles. The van der Waals surface area contributed by atoms with E-state index in [1.807, 2.05) is 7.05 Å². The van der Waals surface area contributed by atoms with Crippen molar-refractivity contribution in [3.8, 4) is 0 Å². The monoisotopic (exact) mass is 181 g/mol. The molecule has 0 aliphatic heterocycles. The highest BCUT2D eigenvalue weighted by Crippen LogP contribution is 2.18. The molecule has 0 radical (unpaired) electrons. The molecule has 1 aromatic heterocycles. The first kappa shape index (κ1) is 10.1. The minimum atomic E-state index is 0.838. The first-order chi connectivity index (χ1) is 6.20. The molecule has 0 saturated carbocycles. The highest BCUT2D eigenvalue weighted by molar-refractivity contribution is 5.43. The van der Waals surface area contributed by atoms with Crippen molar-refractivity contribution in [3.05, 3.63) is 11.3 Å². The van der Waals surface area contributed by atoms with Gasteiger partial charge < -0.3 is 5.73 Å². The maximum Gasteiger partial charge on any atom is 0.124 e. The molecule has 0 unspecified atom stereocenters. The number of aromatic nitrogens is 2. The van der Waals surface area contributed by atoms with Crippen molar-refractivity contribution in [3.63, 3.8) is 0 Å². The first-order valence-corrected chi connectivity index (χ1v) is 5.00. The number of aryl methyl sites for hydroxylation is 2. The molecule has 0 spiro atoms. The zero-order valence-electron chi connectivity index (χ0n) is 8.80. The second kappa shape index (κ2) is 4.30. The van der Waals surface area contributed by atoms with Crippen LogP contribution in [0.3, 0.4) is 0 Å². The fourth-order valence-electron chi connectivity index (χ4n) is 1.60. The van der Waals surface area contributed by atoms with Gasteiger partial charge in [-0.2, -0.15) is 5.10 Å². The van der Waals surface area contributed by atoms with Crippen LogP contribution in [0.5, 0.6) is 0 Å². The Morgan fingerprint density at radius 2 is 1.85 bits per heavy atom. The molecule has 0 saturated heterocycles. The lowest BCUT2D eigenvalue weighted by Gasteiger charge is -1.99. The van der Waals surface area contributed by atoms with Crippen LogP contribution in [0.2, 0.25) is 0 Å². The van der Waals surface area contributed by atoms with E-state index in [2.05, 4.69) is 18.9 Å². The third-order valence-corrected chi connectivity index (χ3v) is 2.26. The molecule has 0 aliphatic rings. The normalized spacial score (nSPS) is 10.7. The molecule has 0 bridgehead atoms. The molecule has 0 atom stereocenters. The Balaban J connectivity index is 2.96. The van der Waals surface area contributed by atoms with Crippen LogP contribution in [0.1, 0.15) is 37.9 Å². The summed E-state index contributed by atoms with van der Waals surface area (Å²) in [6.45, 7) is 4.34. The van der Waals surface area contributed by atoms with E-state index in [0.29, 0.717) is 0 Å². The molecule has 0 amide bonds. The van der Waals surface area contributed by atoms with E-state index in [0.717, 1.165) is 31.5 Å². The van der Waals surface area contributed by atoms with E-state index < -0.39 is 0 Å². The lowest BCUT2D eigenvalue weighted by molar-refractivity contribution is 0.740. The van der Waals surface area contributed by atoms with Crippen LogP contribution in [0.15, 0.2) is 0 Å². The lowest BCUT2D eigenvalue weighted by Crippen LogP contribution is -1.99. The average molecular weight is 181 g/mol. The van der Waals surface area contributed by atoms with Gasteiger partial charge in [0, 0.05) is 12.6 Å². The van der Waals surface area contributed by atoms with E-state index in [1.165, 1.54) is 11.3 Å². The summed E-state index contributed by atoms with van der Waals surface area (Å²) in [5.41, 5.74) is 8.36. The third-order valence-electron chi connectivity index (χ3n) is 2.26. The number of rotatable bonds is 4. The third kappa shape index (κ3) is 2.02. The van der Waals surface area contributed by atoms with E-state index in [-0.39, 0.29) is 0 Å². The van der Waals surface area contributed by atoms with Gasteiger partial charge in [-0.15, -0.1) is 0 Å². The van der Waals surface area contributed by atoms with Crippen LogP contribution < -0.4 is 5.73 Å². The van der Waals surface area contributed by atoms with E-state index in [9.17, 15) is 0 Å². The Kier molecular flexibility index (Phi) is 3.34. The van der Waals surface area contributed by atoms with Gasteiger partial charge in [0.25, 0.3) is 0 Å². The quantitative estimate of drug-likeness (QED) is 0.771. The molecular weight excluding hydrogens is 162 g/mol. The molecule has 3 nitrogen and oxygen atoms in total. The number of hydrogen-bond donors (Lipinski definition) is 1. The SMILES string of the molecule is CCCc1nn(C)c(N)c1CCC. The van der Waals surface area contributed by atoms with Gasteiger partial charge in [-0.05, 0) is 12.8 Å². The zero-order chi connectivity index (χ0) is 9.84. The first-order valence-electron chi connectivity index (χ1n) is 5.00. The van der Waals surface area contributed by atoms with Crippen molar-refractivity contribution in [2.75, 3.05) is 5.73 Å². The number of hydrogen-bond acceptors (Lipinski definition) is 2. The van der Waals surface area contributed by atoms with E-state index in [4.69, 9.17) is 5.73 Å². The molecule has 2 N–H and O–H groups in total. The summed E-state index contributed by atoms with van der Waals surface area (Å²) in [6.07, 6.45) is 4.36. The van der Waals surface area contributed by atoms with Crippen molar-refractivity contribution < 1.29 is 0 Å². The summed E-state index contributed by atoms with van der Waals surface area (Å²) in [5, 5.41) is 4.41. The van der Waals surface area contributed by atoms with Gasteiger partial charge >= 0.3 is 0 Å². The Morgan fingerprint density at radius 1 is 1.23 bits per heavy atom. The van der Waals surface area contributed by atoms with E-state index in [1.54, 1.807) is 4.68 Å². The summed E-state index contributed by atoms with van der Waals surface area (Å²) in [7, 11) is 1.91. The number of nitrogens with zero attached hydrogens (tertiary/aromatic N) is 2. The van der Waals surface area contributed by atoms with Gasteiger partial charge in [-0.3, -0.25) is 4.68 Å². The molecule has 1 rings (SSSR count). The van der Waals surface area contributed by atoms with Crippen LogP contribution in [0.4, 0.5) is 5.82 Å². The number of anilines is 1. The minimum Gasteiger partial charge on any atom is -0.384 e. The maximum atomic E-state index is 5.92. The average Bonchev–Trinajstić information content (AvgIpc) is 2.34. The summed E-state index contributed by atoms with van der Waals surface area (Å²) in [6, 6.07) is 0. The van der Waals surface area contributed by atoms with Crippen LogP contribution in [-0.4, -0.2) is 9.78 Å². The van der Waals surface area contributed by atoms with Gasteiger partial charge in [0.15, 0.2) is 0 Å². The van der Waals surface area contributed by atoms with Crippen LogP contribution in [0, 0.1) is 0 Å². The zero-order valence-corrected chi connectivity index (χ0v) is 8.80. The second-order valence-electron chi connectivity index (χ2n) is 3.43. The van der Waals surface area contributed by atoms with Crippen LogP contribution in [0.25, 0.3) is 0 Å². The smallest absolute Gasteiger partial charge is 0.124 e. The fourth-order valence-corrected chi connectivity index (χ4v) is 1.60. The number of nitrogen functional groups attached to an aromatic ring is 1. The summed E-state index contributed by atoms with van der Waals surface area (Å²) < 4.78 is 1.79. The highest BCUT2D eigenvalue weighted by atomic mass is 15.3. The summed E-state index contributed by atoms with van der Waals surface area (Å²) in [5.74, 6) is 0.838. The molecule has 74 valence electrons. The Bertz CT molecular complexity index is 276. The molecule has 0 fully saturated rings. The van der Waals surface area contributed by atoms with E-state index >= 15 is 0 Å². The Morgan fingerprint density at radius 3 is 2.38 bits per heavy atom. The predicted molar refractivity (Wildman–Crippen MR) is 55.6 cm³/mol. The van der Waals surface area contributed by atoms with Gasteiger partial charge in [0.2, 0.25) is 0 Å². The van der Waals surface area contributed by atoms with Gasteiger partial charge in [0.1, 0.15) is 5.82 Å². The van der Waals surface area contributed by atoms with Crippen molar-refractivity contribution >= 4 is 5.82 Å². The van der Waals surface area contributed by atoms with Gasteiger partial charge in [0.05, 0.1) is 5.69 Å². The molecule has 13 heavy (non-hydrogen) atoms. The van der Waals surface area contributed by atoms with Crippen molar-refractivity contribution in [2.24, 2.45) is 7.05 Å². The van der Waals surface area contributed by atoms with Crippen LogP contribution >= 0.6 is 0 Å². The minimum absolute atomic E-state index is 0.838. The molecule has 1 heterocycles. The maximum absolute atomic E-state index is 5.92. The standard InChI is InChI=1S/C10H19N3/c1-4-6-8-9(7-5-2)12-13(3)10(8)11/h4-7,11H2,1-3H3. The predicted octanol–water partition coefficient (Wildman–Crippen LogP) is 1.91. The fraction of sp³-hybridized carbons (Fsp3) is 0.700. The summed E-state index contributed by atoms with van der Waals surface area (Å²) in [4.78, 5) is 0. The summed E-state index contributed by atoms with van der Waals surface area (Å²) >= 11 is 0. The van der Waals surface area contributed by atoms with Crippen molar-refractivity contribution in [1.29, 1.82) is 0 Å². The van der Waals surface area contributed by atoms with Crippen molar-refractivity contribution in [2.45, 2.75) is 39.5 Å². The molecular formula is C10H19N3. The molecule has 1 aromatic rings. The molecule has 3 heteroatoms. The van der Waals surface area contributed by atoms with Gasteiger partial charge in [-0.1, -0.05) is 26.7 Å². The van der Waals surface area contributed by atoms with Gasteiger partial charge in [-0.25, -0.2) is 0 Å². The Hall–Kier alpha value is -0.990. The lowest BCUT2D eigenvalue weighted by atomic mass is 10.1. The largest absolute Gasteiger partial charge is 0.384 e. The molecule has 0 aliphatic carbocycles. The van der Waals surface area contributed by atoms with Crippen molar-refractivity contribution in [1.82, 2.24) is 9.78 Å². The number of nitrogens with two attached hydrogens (primary N) is 1. The Labute approximate surface area is 79.9 Å². The topological polar surface area (TPSA) is 43.8 Å². The second-order valence-corrected chi connectivity index (χ2v) is 3.43.